The molecule has 2 fully saturated rings. The van der Waals surface area contributed by atoms with Crippen molar-refractivity contribution in [2.45, 2.75) is 64.3 Å². The van der Waals surface area contributed by atoms with Gasteiger partial charge in [0.25, 0.3) is 5.91 Å². The summed E-state index contributed by atoms with van der Waals surface area (Å²) in [6.45, 7) is 6.29. The minimum absolute atomic E-state index is 0.0255. The predicted octanol–water partition coefficient (Wildman–Crippen LogP) is 1.31. The Kier molecular flexibility index (Phi) is 8.01. The zero-order valence-electron chi connectivity index (χ0n) is 20.0. The van der Waals surface area contributed by atoms with E-state index in [1.807, 2.05) is 11.9 Å². The summed E-state index contributed by atoms with van der Waals surface area (Å²) in [4.78, 5) is 44.1. The van der Waals surface area contributed by atoms with Crippen molar-refractivity contribution in [3.05, 3.63) is 17.0 Å². The Labute approximate surface area is 196 Å². The number of carbonyl (C=O) groups excluding carboxylic acids is 3. The normalized spacial score (nSPS) is 19.3. The maximum Gasteiger partial charge on any atom is 0.274 e. The number of amides is 3. The Morgan fingerprint density at radius 2 is 1.58 bits per heavy atom. The molecule has 0 aliphatic carbocycles. The van der Waals surface area contributed by atoms with E-state index in [2.05, 4.69) is 15.3 Å². The van der Waals surface area contributed by atoms with Gasteiger partial charge in [0.05, 0.1) is 0 Å². The number of carbonyl (C=O) groups is 3. The number of nitrogens with one attached hydrogen (secondary N) is 1. The second kappa shape index (κ2) is 11.1. The fourth-order valence-electron chi connectivity index (χ4n) is 5.23. The van der Waals surface area contributed by atoms with Gasteiger partial charge in [-0.1, -0.05) is 12.8 Å². The van der Waals surface area contributed by atoms with E-state index >= 15 is 0 Å². The molecule has 0 atom stereocenters. The van der Waals surface area contributed by atoms with Crippen molar-refractivity contribution >= 4 is 17.7 Å². The molecule has 1 aromatic rings. The standard InChI is InChI=1S/C24H38N6O3/c1-27-20-10-16-30(18-19(20)23(26-27)24(33)29-14-6-7-15-29)22(32)9-8-21(31)25-11-17-28-12-4-2-3-5-13-28/h2-18H2,1H3,(H,25,31). The van der Waals surface area contributed by atoms with Crippen molar-refractivity contribution in [1.29, 1.82) is 0 Å². The highest BCUT2D eigenvalue weighted by molar-refractivity contribution is 5.94. The summed E-state index contributed by atoms with van der Waals surface area (Å²) in [7, 11) is 1.87. The first-order valence-electron chi connectivity index (χ1n) is 12.6. The van der Waals surface area contributed by atoms with Crippen LogP contribution in [0.25, 0.3) is 0 Å². The van der Waals surface area contributed by atoms with Crippen LogP contribution >= 0.6 is 0 Å². The molecule has 1 aromatic heterocycles. The van der Waals surface area contributed by atoms with E-state index in [1.165, 1.54) is 25.7 Å². The molecule has 0 unspecified atom stereocenters. The molecule has 33 heavy (non-hydrogen) atoms. The molecule has 3 aliphatic heterocycles. The van der Waals surface area contributed by atoms with Crippen molar-refractivity contribution in [3.8, 4) is 0 Å². The third-order valence-electron chi connectivity index (χ3n) is 7.21. The van der Waals surface area contributed by atoms with Gasteiger partial charge >= 0.3 is 0 Å². The summed E-state index contributed by atoms with van der Waals surface area (Å²) in [5.41, 5.74) is 2.39. The summed E-state index contributed by atoms with van der Waals surface area (Å²) >= 11 is 0. The maximum absolute atomic E-state index is 12.9. The maximum atomic E-state index is 12.9. The number of likely N-dealkylation sites (tertiary alicyclic amines) is 2. The van der Waals surface area contributed by atoms with Gasteiger partial charge in [0, 0.05) is 76.8 Å². The highest BCUT2D eigenvalue weighted by Gasteiger charge is 2.32. The Bertz CT molecular complexity index is 853. The topological polar surface area (TPSA) is 90.8 Å². The molecule has 3 amide bonds. The molecule has 182 valence electrons. The van der Waals surface area contributed by atoms with E-state index < -0.39 is 0 Å². The molecule has 4 rings (SSSR count). The van der Waals surface area contributed by atoms with Crippen LogP contribution in [0.5, 0.6) is 0 Å². The molecule has 0 radical (unpaired) electrons. The highest BCUT2D eigenvalue weighted by atomic mass is 16.2. The molecule has 9 heteroatoms. The summed E-state index contributed by atoms with van der Waals surface area (Å²) < 4.78 is 1.79. The van der Waals surface area contributed by atoms with Gasteiger partial charge in [-0.15, -0.1) is 0 Å². The number of hydrogen-bond donors (Lipinski definition) is 1. The van der Waals surface area contributed by atoms with E-state index in [9.17, 15) is 14.4 Å². The second-order valence-electron chi connectivity index (χ2n) is 9.57. The molecule has 1 N–H and O–H groups in total. The van der Waals surface area contributed by atoms with E-state index in [0.717, 1.165) is 56.8 Å². The lowest BCUT2D eigenvalue weighted by atomic mass is 10.0. The fourth-order valence-corrected chi connectivity index (χ4v) is 5.23. The van der Waals surface area contributed by atoms with Crippen LogP contribution in [0.3, 0.4) is 0 Å². The quantitative estimate of drug-likeness (QED) is 0.665. The third-order valence-corrected chi connectivity index (χ3v) is 7.21. The molecule has 0 aromatic carbocycles. The number of aromatic nitrogens is 2. The zero-order valence-corrected chi connectivity index (χ0v) is 20.0. The van der Waals surface area contributed by atoms with E-state index in [1.54, 1.807) is 9.58 Å². The Morgan fingerprint density at radius 1 is 0.879 bits per heavy atom. The van der Waals surface area contributed by atoms with Crippen LogP contribution in [0.4, 0.5) is 0 Å². The summed E-state index contributed by atoms with van der Waals surface area (Å²) in [5.74, 6) is -0.128. The minimum Gasteiger partial charge on any atom is -0.355 e. The van der Waals surface area contributed by atoms with Crippen LogP contribution in [0, 0.1) is 0 Å². The van der Waals surface area contributed by atoms with E-state index in [4.69, 9.17) is 0 Å². The van der Waals surface area contributed by atoms with Gasteiger partial charge in [0.2, 0.25) is 11.8 Å². The number of hydrogen-bond acceptors (Lipinski definition) is 5. The molecular weight excluding hydrogens is 420 g/mol. The van der Waals surface area contributed by atoms with Crippen LogP contribution in [0.2, 0.25) is 0 Å². The average Bonchev–Trinajstić information content (AvgIpc) is 3.39. The number of fused-ring (bicyclic) bond motifs is 1. The minimum atomic E-state index is -0.0675. The van der Waals surface area contributed by atoms with E-state index in [0.29, 0.717) is 31.7 Å². The van der Waals surface area contributed by atoms with Gasteiger partial charge in [-0.3, -0.25) is 19.1 Å². The summed E-state index contributed by atoms with van der Waals surface area (Å²) in [6.07, 6.45) is 8.22. The number of aryl methyl sites for hydroxylation is 1. The Morgan fingerprint density at radius 3 is 2.30 bits per heavy atom. The lowest BCUT2D eigenvalue weighted by Gasteiger charge is -2.28. The van der Waals surface area contributed by atoms with Gasteiger partial charge in [-0.2, -0.15) is 5.10 Å². The molecule has 0 bridgehead atoms. The Hall–Kier alpha value is -2.42. The molecule has 4 heterocycles. The molecule has 9 nitrogen and oxygen atoms in total. The van der Waals surface area contributed by atoms with Gasteiger partial charge in [0.1, 0.15) is 0 Å². The van der Waals surface area contributed by atoms with E-state index in [-0.39, 0.29) is 30.6 Å². The lowest BCUT2D eigenvalue weighted by molar-refractivity contribution is -0.134. The van der Waals surface area contributed by atoms with Crippen molar-refractivity contribution in [2.24, 2.45) is 7.05 Å². The first-order chi connectivity index (χ1) is 16.0. The van der Waals surface area contributed by atoms with Crippen LogP contribution in [-0.4, -0.2) is 88.0 Å². The van der Waals surface area contributed by atoms with Crippen molar-refractivity contribution < 1.29 is 14.4 Å². The predicted molar refractivity (Wildman–Crippen MR) is 125 cm³/mol. The Balaban J connectivity index is 1.24. The molecule has 2 saturated heterocycles. The third kappa shape index (κ3) is 5.93. The summed E-state index contributed by atoms with van der Waals surface area (Å²) in [6, 6.07) is 0. The van der Waals surface area contributed by atoms with Gasteiger partial charge in [0.15, 0.2) is 5.69 Å². The first kappa shape index (κ1) is 23.7. The lowest BCUT2D eigenvalue weighted by Crippen LogP contribution is -2.38. The smallest absolute Gasteiger partial charge is 0.274 e. The number of rotatable bonds is 7. The monoisotopic (exact) mass is 458 g/mol. The van der Waals surface area contributed by atoms with Crippen molar-refractivity contribution in [2.75, 3.05) is 45.8 Å². The highest BCUT2D eigenvalue weighted by Crippen LogP contribution is 2.25. The molecule has 0 spiro atoms. The molecule has 3 aliphatic rings. The zero-order chi connectivity index (χ0) is 23.2. The molecule has 0 saturated carbocycles. The average molecular weight is 459 g/mol. The largest absolute Gasteiger partial charge is 0.355 e. The van der Waals surface area contributed by atoms with Gasteiger partial charge in [-0.25, -0.2) is 0 Å². The second-order valence-corrected chi connectivity index (χ2v) is 9.57. The van der Waals surface area contributed by atoms with Crippen molar-refractivity contribution in [3.63, 3.8) is 0 Å². The van der Waals surface area contributed by atoms with Crippen molar-refractivity contribution in [1.82, 2.24) is 29.8 Å². The summed E-state index contributed by atoms with van der Waals surface area (Å²) in [5, 5.41) is 7.47. The molecular formula is C24H38N6O3. The number of nitrogens with zero attached hydrogens (tertiary/aromatic N) is 5. The van der Waals surface area contributed by atoms with Crippen LogP contribution < -0.4 is 5.32 Å². The van der Waals surface area contributed by atoms with Gasteiger partial charge in [-0.05, 0) is 38.8 Å². The fraction of sp³-hybridized carbons (Fsp3) is 0.750. The van der Waals surface area contributed by atoms with Crippen LogP contribution in [0.15, 0.2) is 0 Å². The van der Waals surface area contributed by atoms with Gasteiger partial charge < -0.3 is 20.0 Å². The SMILES string of the molecule is Cn1nc(C(=O)N2CCCC2)c2c1CCN(C(=O)CCC(=O)NCCN1CCCCCC1)C2. The van der Waals surface area contributed by atoms with Crippen LogP contribution in [0.1, 0.15) is 73.1 Å². The first-order valence-corrected chi connectivity index (χ1v) is 12.6. The van der Waals surface area contributed by atoms with Crippen LogP contribution in [-0.2, 0) is 29.6 Å².